The Morgan fingerprint density at radius 1 is 1.17 bits per heavy atom. The number of aromatic nitrogens is 2. The normalized spacial score (nSPS) is 20.2. The van der Waals surface area contributed by atoms with E-state index < -0.39 is 6.16 Å². The SMILES string of the molecule is CCCCCCOc1nsnc1C1=CCC[N+](C)(C(OC(=O)OC(C)C)C(C)C)C1. The van der Waals surface area contributed by atoms with Crippen LogP contribution in [0.15, 0.2) is 6.08 Å². The molecular formula is C22H38N3O4S+. The fraction of sp³-hybridized carbons (Fsp3) is 0.773. The van der Waals surface area contributed by atoms with Crippen molar-refractivity contribution in [3.05, 3.63) is 11.8 Å². The Bertz CT molecular complexity index is 704. The lowest BCUT2D eigenvalue weighted by atomic mass is 10.0. The Balaban J connectivity index is 2.08. The van der Waals surface area contributed by atoms with Gasteiger partial charge in [0, 0.05) is 17.9 Å². The molecule has 0 fully saturated rings. The summed E-state index contributed by atoms with van der Waals surface area (Å²) < 4.78 is 26.4. The molecule has 1 aromatic rings. The van der Waals surface area contributed by atoms with E-state index in [1.165, 1.54) is 31.0 Å². The van der Waals surface area contributed by atoms with Gasteiger partial charge in [-0.05, 0) is 20.3 Å². The van der Waals surface area contributed by atoms with Gasteiger partial charge >= 0.3 is 6.16 Å². The van der Waals surface area contributed by atoms with Crippen molar-refractivity contribution in [2.24, 2.45) is 5.92 Å². The zero-order valence-electron chi connectivity index (χ0n) is 19.3. The first kappa shape index (κ1) is 24.6. The summed E-state index contributed by atoms with van der Waals surface area (Å²) in [4.78, 5) is 12.2. The fourth-order valence-corrected chi connectivity index (χ4v) is 4.46. The molecule has 0 bridgehead atoms. The summed E-state index contributed by atoms with van der Waals surface area (Å²) in [6, 6.07) is 0. The zero-order chi connectivity index (χ0) is 22.1. The molecule has 0 aliphatic carbocycles. The van der Waals surface area contributed by atoms with Crippen molar-refractivity contribution < 1.29 is 23.5 Å². The second-order valence-corrected chi connectivity index (χ2v) is 9.40. The Labute approximate surface area is 185 Å². The van der Waals surface area contributed by atoms with Crippen LogP contribution >= 0.6 is 11.7 Å². The maximum atomic E-state index is 12.2. The topological polar surface area (TPSA) is 70.5 Å². The average molecular weight is 441 g/mol. The van der Waals surface area contributed by atoms with Crippen LogP contribution < -0.4 is 4.74 Å². The van der Waals surface area contributed by atoms with E-state index in [0.717, 1.165) is 30.7 Å². The number of quaternary nitrogens is 1. The molecule has 0 saturated heterocycles. The average Bonchev–Trinajstić information content (AvgIpc) is 3.13. The summed E-state index contributed by atoms with van der Waals surface area (Å²) in [5, 5.41) is 0. The molecule has 7 nitrogen and oxygen atoms in total. The molecule has 2 rings (SSSR count). The molecule has 30 heavy (non-hydrogen) atoms. The van der Waals surface area contributed by atoms with Gasteiger partial charge in [-0.2, -0.15) is 4.37 Å². The zero-order valence-corrected chi connectivity index (χ0v) is 20.2. The first-order valence-corrected chi connectivity index (χ1v) is 11.9. The molecule has 170 valence electrons. The molecule has 1 aliphatic heterocycles. The highest BCUT2D eigenvalue weighted by Gasteiger charge is 2.41. The number of carbonyl (C=O) groups excluding carboxylic acids is 1. The predicted molar refractivity (Wildman–Crippen MR) is 119 cm³/mol. The van der Waals surface area contributed by atoms with Crippen LogP contribution in [0.25, 0.3) is 5.57 Å². The van der Waals surface area contributed by atoms with Crippen molar-refractivity contribution in [3.63, 3.8) is 0 Å². The van der Waals surface area contributed by atoms with Gasteiger partial charge in [-0.25, -0.2) is 4.79 Å². The van der Waals surface area contributed by atoms with Crippen LogP contribution in [0.2, 0.25) is 0 Å². The second kappa shape index (κ2) is 11.6. The van der Waals surface area contributed by atoms with Crippen LogP contribution in [0.1, 0.15) is 72.4 Å². The summed E-state index contributed by atoms with van der Waals surface area (Å²) >= 11 is 1.18. The molecule has 1 aromatic heterocycles. The number of ether oxygens (including phenoxy) is 3. The smallest absolute Gasteiger partial charge is 0.475 e. The molecule has 0 aromatic carbocycles. The van der Waals surface area contributed by atoms with E-state index in [-0.39, 0.29) is 18.2 Å². The molecule has 0 saturated carbocycles. The Hall–Kier alpha value is -1.67. The number of unbranched alkanes of at least 4 members (excludes halogenated alkanes) is 3. The van der Waals surface area contributed by atoms with Crippen LogP contribution in [0, 0.1) is 5.92 Å². The highest BCUT2D eigenvalue weighted by atomic mass is 32.1. The highest BCUT2D eigenvalue weighted by molar-refractivity contribution is 6.99. The second-order valence-electron chi connectivity index (χ2n) is 8.88. The summed E-state index contributed by atoms with van der Waals surface area (Å²) in [7, 11) is 2.13. The van der Waals surface area contributed by atoms with Crippen molar-refractivity contribution in [1.29, 1.82) is 0 Å². The van der Waals surface area contributed by atoms with E-state index in [4.69, 9.17) is 14.2 Å². The van der Waals surface area contributed by atoms with Crippen molar-refractivity contribution in [2.75, 3.05) is 26.7 Å². The number of rotatable bonds is 11. The largest absolute Gasteiger partial charge is 0.513 e. The molecule has 2 atom stereocenters. The Kier molecular flexibility index (Phi) is 9.55. The molecule has 0 spiro atoms. The van der Waals surface area contributed by atoms with E-state index >= 15 is 0 Å². The lowest BCUT2D eigenvalue weighted by Crippen LogP contribution is -2.58. The van der Waals surface area contributed by atoms with Crippen LogP contribution in [0.4, 0.5) is 4.79 Å². The first-order chi connectivity index (χ1) is 14.3. The van der Waals surface area contributed by atoms with Gasteiger partial charge in [0.25, 0.3) is 5.88 Å². The molecule has 2 heterocycles. The van der Waals surface area contributed by atoms with Gasteiger partial charge in [-0.1, -0.05) is 46.1 Å². The molecule has 1 aliphatic rings. The maximum Gasteiger partial charge on any atom is 0.513 e. The molecule has 0 radical (unpaired) electrons. The molecule has 8 heteroatoms. The fourth-order valence-electron chi connectivity index (χ4n) is 3.93. The minimum absolute atomic E-state index is 0.150. The lowest BCUT2D eigenvalue weighted by molar-refractivity contribution is -0.950. The van der Waals surface area contributed by atoms with E-state index in [1.807, 2.05) is 13.8 Å². The van der Waals surface area contributed by atoms with Crippen molar-refractivity contribution >= 4 is 23.5 Å². The Morgan fingerprint density at radius 3 is 2.60 bits per heavy atom. The number of carbonyl (C=O) groups is 1. The lowest BCUT2D eigenvalue weighted by Gasteiger charge is -2.44. The summed E-state index contributed by atoms with van der Waals surface area (Å²) in [5.74, 6) is 0.773. The third kappa shape index (κ3) is 6.94. The minimum Gasteiger partial charge on any atom is -0.475 e. The quantitative estimate of drug-likeness (QED) is 0.265. The standard InChI is InChI=1S/C22H38N3O4S/c1-7-8-9-10-14-27-20-19(23-30-24-20)18-12-11-13-25(6,15-18)21(16(2)3)29-22(26)28-17(4)5/h12,16-17,21H,7-11,13-15H2,1-6H3/q+1. The third-order valence-electron chi connectivity index (χ3n) is 5.30. The van der Waals surface area contributed by atoms with Crippen LogP contribution in [-0.4, -0.2) is 58.5 Å². The number of hydrogen-bond acceptors (Lipinski definition) is 7. The van der Waals surface area contributed by atoms with E-state index in [2.05, 4.69) is 42.6 Å². The van der Waals surface area contributed by atoms with Crippen molar-refractivity contribution in [1.82, 2.24) is 8.75 Å². The minimum atomic E-state index is -0.606. The van der Waals surface area contributed by atoms with Gasteiger partial charge in [0.1, 0.15) is 12.2 Å². The molecule has 2 unspecified atom stereocenters. The highest BCUT2D eigenvalue weighted by Crippen LogP contribution is 2.33. The maximum absolute atomic E-state index is 12.2. The van der Waals surface area contributed by atoms with Gasteiger partial charge in [0.15, 0.2) is 0 Å². The van der Waals surface area contributed by atoms with Gasteiger partial charge in [-0.15, -0.1) is 4.37 Å². The van der Waals surface area contributed by atoms with E-state index in [9.17, 15) is 4.79 Å². The summed E-state index contributed by atoms with van der Waals surface area (Å²) in [5.41, 5.74) is 1.93. The van der Waals surface area contributed by atoms with E-state index in [0.29, 0.717) is 23.5 Å². The van der Waals surface area contributed by atoms with Crippen LogP contribution in [-0.2, 0) is 9.47 Å². The molecular weight excluding hydrogens is 402 g/mol. The molecule has 0 N–H and O–H groups in total. The summed E-state index contributed by atoms with van der Waals surface area (Å²) in [6.07, 6.45) is 6.61. The van der Waals surface area contributed by atoms with Gasteiger partial charge in [0.05, 0.1) is 38.0 Å². The van der Waals surface area contributed by atoms with Crippen molar-refractivity contribution in [2.45, 2.75) is 79.1 Å². The van der Waals surface area contributed by atoms with Gasteiger partial charge < -0.3 is 14.2 Å². The molecule has 0 amide bonds. The first-order valence-electron chi connectivity index (χ1n) is 11.1. The van der Waals surface area contributed by atoms with Gasteiger partial charge in [-0.3, -0.25) is 4.48 Å². The Morgan fingerprint density at radius 2 is 1.93 bits per heavy atom. The van der Waals surface area contributed by atoms with E-state index in [1.54, 1.807) is 0 Å². The number of hydrogen-bond donors (Lipinski definition) is 0. The summed E-state index contributed by atoms with van der Waals surface area (Å²) in [6.45, 7) is 12.2. The predicted octanol–water partition coefficient (Wildman–Crippen LogP) is 5.27. The number of nitrogens with zero attached hydrogens (tertiary/aromatic N) is 3. The monoisotopic (exact) mass is 440 g/mol. The van der Waals surface area contributed by atoms with Crippen LogP contribution in [0.5, 0.6) is 5.88 Å². The third-order valence-corrected chi connectivity index (χ3v) is 5.81. The van der Waals surface area contributed by atoms with Crippen LogP contribution in [0.3, 0.4) is 0 Å². The number of likely N-dealkylation sites (N-methyl/N-ethyl adjacent to an activating group) is 1. The van der Waals surface area contributed by atoms with Crippen molar-refractivity contribution in [3.8, 4) is 5.88 Å². The van der Waals surface area contributed by atoms with Gasteiger partial charge in [0.2, 0.25) is 6.23 Å².